The quantitative estimate of drug-likeness (QED) is 0.627. The molecule has 1 aromatic rings. The molecule has 31 heavy (non-hydrogen) atoms. The molecule has 0 bridgehead atoms. The van der Waals surface area contributed by atoms with Crippen LogP contribution in [0.15, 0.2) is 30.3 Å². The van der Waals surface area contributed by atoms with E-state index in [-0.39, 0.29) is 35.7 Å². The minimum atomic E-state index is -3.18. The number of rotatable bonds is 8. The van der Waals surface area contributed by atoms with E-state index in [4.69, 9.17) is 4.74 Å². The van der Waals surface area contributed by atoms with Gasteiger partial charge in [-0.3, -0.25) is 9.69 Å². The first-order chi connectivity index (χ1) is 14.4. The number of halogens is 1. The van der Waals surface area contributed by atoms with Crippen molar-refractivity contribution in [2.75, 3.05) is 45.6 Å². The summed E-state index contributed by atoms with van der Waals surface area (Å²) in [5, 5.41) is 3.14. The van der Waals surface area contributed by atoms with Crippen molar-refractivity contribution in [1.82, 2.24) is 14.5 Å². The van der Waals surface area contributed by atoms with E-state index in [1.807, 2.05) is 37.3 Å². The summed E-state index contributed by atoms with van der Waals surface area (Å²) in [6.07, 6.45) is 4.71. The summed E-state index contributed by atoms with van der Waals surface area (Å²) in [4.78, 5) is 15.1. The third-order valence-electron chi connectivity index (χ3n) is 6.52. The number of benzene rings is 1. The molecule has 2 aliphatic rings. The second-order valence-corrected chi connectivity index (χ2v) is 10.4. The summed E-state index contributed by atoms with van der Waals surface area (Å²) >= 11 is 0. The van der Waals surface area contributed by atoms with E-state index in [0.717, 1.165) is 25.7 Å². The number of carbonyl (C=O) groups is 1. The number of piperazine rings is 1. The second kappa shape index (κ2) is 11.6. The van der Waals surface area contributed by atoms with Crippen LogP contribution in [-0.2, 0) is 14.8 Å². The van der Waals surface area contributed by atoms with Gasteiger partial charge in [0.25, 0.3) is 5.91 Å². The lowest BCUT2D eigenvalue weighted by molar-refractivity contribution is -0.0864. The van der Waals surface area contributed by atoms with Crippen LogP contribution in [0.25, 0.3) is 0 Å². The van der Waals surface area contributed by atoms with Crippen molar-refractivity contribution < 1.29 is 17.9 Å². The summed E-state index contributed by atoms with van der Waals surface area (Å²) in [6, 6.07) is 9.24. The normalized spacial score (nSPS) is 25.5. The highest BCUT2D eigenvalue weighted by molar-refractivity contribution is 7.89. The molecule has 0 aromatic heterocycles. The van der Waals surface area contributed by atoms with Gasteiger partial charge in [-0.15, -0.1) is 12.4 Å². The third kappa shape index (κ3) is 5.99. The zero-order chi connectivity index (χ0) is 21.6. The summed E-state index contributed by atoms with van der Waals surface area (Å²) in [5.74, 6) is 0.117. The lowest BCUT2D eigenvalue weighted by atomic mass is 9.77. The Kier molecular flexibility index (Phi) is 9.76. The maximum absolute atomic E-state index is 12.7. The van der Waals surface area contributed by atoms with Crippen molar-refractivity contribution in [2.45, 2.75) is 50.7 Å². The van der Waals surface area contributed by atoms with E-state index in [1.165, 1.54) is 0 Å². The fourth-order valence-electron chi connectivity index (χ4n) is 4.93. The maximum atomic E-state index is 12.7. The van der Waals surface area contributed by atoms with Gasteiger partial charge in [-0.2, -0.15) is 4.31 Å². The molecule has 7 nitrogen and oxygen atoms in total. The van der Waals surface area contributed by atoms with E-state index in [9.17, 15) is 13.2 Å². The molecule has 1 N–H and O–H groups in total. The number of nitrogens with one attached hydrogen (secondary N) is 1. The standard InChI is InChI=1S/C22H35N3O4S.ClH/c1-3-17-30(27,28)25-15-13-24(14-16-25)22(12-8-7-11-20(22)29-2)18-23-21(26)19-9-5-4-6-10-19;/h4-6,9-10,20H,3,7-8,11-18H2,1-2H3,(H,23,26);1H. The molecule has 1 heterocycles. The SMILES string of the molecule is CCCS(=O)(=O)N1CCN(C2(CNC(=O)c3ccccc3)CCCCC2OC)CC1.Cl. The lowest BCUT2D eigenvalue weighted by Gasteiger charge is -2.53. The third-order valence-corrected chi connectivity index (χ3v) is 8.60. The van der Waals surface area contributed by atoms with E-state index in [1.54, 1.807) is 11.4 Å². The first-order valence-electron chi connectivity index (χ1n) is 11.0. The average molecular weight is 474 g/mol. The fourth-order valence-corrected chi connectivity index (χ4v) is 6.42. The molecular formula is C22H36ClN3O4S. The molecular weight excluding hydrogens is 438 g/mol. The van der Waals surface area contributed by atoms with Crippen LogP contribution in [-0.4, -0.2) is 80.8 Å². The molecule has 1 aromatic carbocycles. The van der Waals surface area contributed by atoms with Crippen LogP contribution < -0.4 is 5.32 Å². The van der Waals surface area contributed by atoms with E-state index in [2.05, 4.69) is 10.2 Å². The lowest BCUT2D eigenvalue weighted by Crippen LogP contribution is -2.67. The first-order valence-corrected chi connectivity index (χ1v) is 12.6. The molecule has 1 amide bonds. The van der Waals surface area contributed by atoms with Crippen LogP contribution in [0.4, 0.5) is 0 Å². The van der Waals surface area contributed by atoms with Gasteiger partial charge in [0, 0.05) is 45.4 Å². The molecule has 1 saturated carbocycles. The highest BCUT2D eigenvalue weighted by Crippen LogP contribution is 2.36. The van der Waals surface area contributed by atoms with Crippen LogP contribution in [0.5, 0.6) is 0 Å². The van der Waals surface area contributed by atoms with Crippen molar-refractivity contribution in [2.24, 2.45) is 0 Å². The van der Waals surface area contributed by atoms with Gasteiger partial charge >= 0.3 is 0 Å². The van der Waals surface area contributed by atoms with Gasteiger partial charge in [0.2, 0.25) is 10.0 Å². The molecule has 0 spiro atoms. The minimum Gasteiger partial charge on any atom is -0.379 e. The number of methoxy groups -OCH3 is 1. The second-order valence-electron chi connectivity index (χ2n) is 8.32. The molecule has 0 radical (unpaired) electrons. The Labute approximate surface area is 193 Å². The summed E-state index contributed by atoms with van der Waals surface area (Å²) in [5.41, 5.74) is 0.339. The van der Waals surface area contributed by atoms with Crippen LogP contribution >= 0.6 is 12.4 Å². The van der Waals surface area contributed by atoms with Crippen molar-refractivity contribution in [3.63, 3.8) is 0 Å². The van der Waals surface area contributed by atoms with Crippen LogP contribution in [0.3, 0.4) is 0 Å². The predicted molar refractivity (Wildman–Crippen MR) is 125 cm³/mol. The number of nitrogens with zero attached hydrogens (tertiary/aromatic N) is 2. The van der Waals surface area contributed by atoms with Crippen molar-refractivity contribution >= 4 is 28.3 Å². The summed E-state index contributed by atoms with van der Waals surface area (Å²) < 4.78 is 32.5. The monoisotopic (exact) mass is 473 g/mol. The van der Waals surface area contributed by atoms with Crippen molar-refractivity contribution in [3.8, 4) is 0 Å². The minimum absolute atomic E-state index is 0. The van der Waals surface area contributed by atoms with Crippen LogP contribution in [0, 0.1) is 0 Å². The number of amides is 1. The Morgan fingerprint density at radius 1 is 1.16 bits per heavy atom. The molecule has 2 atom stereocenters. The Bertz CT molecular complexity index is 800. The van der Waals surface area contributed by atoms with E-state index in [0.29, 0.717) is 44.7 Å². The highest BCUT2D eigenvalue weighted by atomic mass is 35.5. The molecule has 2 unspecified atom stereocenters. The van der Waals surface area contributed by atoms with Gasteiger partial charge in [0.1, 0.15) is 0 Å². The van der Waals surface area contributed by atoms with Crippen LogP contribution in [0.1, 0.15) is 49.4 Å². The summed E-state index contributed by atoms with van der Waals surface area (Å²) in [7, 11) is -1.44. The fraction of sp³-hybridized carbons (Fsp3) is 0.682. The molecule has 1 aliphatic heterocycles. The largest absolute Gasteiger partial charge is 0.379 e. The molecule has 176 valence electrons. The Balaban J connectivity index is 0.00000341. The smallest absolute Gasteiger partial charge is 0.251 e. The van der Waals surface area contributed by atoms with Gasteiger partial charge in [0.15, 0.2) is 0 Å². The Morgan fingerprint density at radius 2 is 1.84 bits per heavy atom. The predicted octanol–water partition coefficient (Wildman–Crippen LogP) is 2.52. The number of hydrogen-bond donors (Lipinski definition) is 1. The average Bonchev–Trinajstić information content (AvgIpc) is 2.78. The van der Waals surface area contributed by atoms with E-state index < -0.39 is 10.0 Å². The zero-order valence-electron chi connectivity index (χ0n) is 18.6. The number of ether oxygens (including phenoxy) is 1. The number of carbonyl (C=O) groups excluding carboxylic acids is 1. The topological polar surface area (TPSA) is 79.0 Å². The zero-order valence-corrected chi connectivity index (χ0v) is 20.2. The number of hydrogen-bond acceptors (Lipinski definition) is 5. The van der Waals surface area contributed by atoms with Gasteiger partial charge in [-0.05, 0) is 31.4 Å². The molecule has 9 heteroatoms. The molecule has 1 aliphatic carbocycles. The van der Waals surface area contributed by atoms with Gasteiger partial charge in [-0.1, -0.05) is 38.0 Å². The van der Waals surface area contributed by atoms with Gasteiger partial charge < -0.3 is 10.1 Å². The Morgan fingerprint density at radius 3 is 2.45 bits per heavy atom. The van der Waals surface area contributed by atoms with Crippen LogP contribution in [0.2, 0.25) is 0 Å². The van der Waals surface area contributed by atoms with Crippen molar-refractivity contribution in [1.29, 1.82) is 0 Å². The molecule has 1 saturated heterocycles. The van der Waals surface area contributed by atoms with E-state index >= 15 is 0 Å². The van der Waals surface area contributed by atoms with Gasteiger partial charge in [0.05, 0.1) is 17.4 Å². The highest BCUT2D eigenvalue weighted by Gasteiger charge is 2.47. The van der Waals surface area contributed by atoms with Crippen molar-refractivity contribution in [3.05, 3.63) is 35.9 Å². The Hall–Kier alpha value is -1.19. The summed E-state index contributed by atoms with van der Waals surface area (Å²) in [6.45, 7) is 4.69. The molecule has 2 fully saturated rings. The first kappa shape index (κ1) is 26.1. The van der Waals surface area contributed by atoms with Gasteiger partial charge in [-0.25, -0.2) is 8.42 Å². The number of sulfonamides is 1. The maximum Gasteiger partial charge on any atom is 0.251 e. The molecule has 3 rings (SSSR count).